The van der Waals surface area contributed by atoms with Crippen LogP contribution in [0.5, 0.6) is 5.88 Å². The molecule has 2 aromatic rings. The summed E-state index contributed by atoms with van der Waals surface area (Å²) in [6.45, 7) is 4.31. The number of hydrogen-bond donors (Lipinski definition) is 1. The van der Waals surface area contributed by atoms with E-state index in [4.69, 9.17) is 9.47 Å². The first-order chi connectivity index (χ1) is 12.4. The Kier molecular flexibility index (Phi) is 5.81. The highest BCUT2D eigenvalue weighted by Crippen LogP contribution is 2.39. The van der Waals surface area contributed by atoms with Gasteiger partial charge in [0.2, 0.25) is 5.88 Å². The van der Waals surface area contributed by atoms with Crippen molar-refractivity contribution in [2.24, 2.45) is 5.92 Å². The van der Waals surface area contributed by atoms with Gasteiger partial charge in [0.25, 0.3) is 5.56 Å². The summed E-state index contributed by atoms with van der Waals surface area (Å²) in [5.41, 5.74) is 2.24. The van der Waals surface area contributed by atoms with Gasteiger partial charge in [0.1, 0.15) is 3.70 Å². The fourth-order valence-corrected chi connectivity index (χ4v) is 3.59. The molecule has 3 rings (SSSR count). The minimum absolute atomic E-state index is 0.0430. The first-order valence-corrected chi connectivity index (χ1v) is 9.59. The summed E-state index contributed by atoms with van der Waals surface area (Å²) in [5, 5.41) is 3.16. The van der Waals surface area contributed by atoms with Crippen LogP contribution in [0.4, 0.5) is 11.5 Å². The number of anilines is 2. The van der Waals surface area contributed by atoms with Gasteiger partial charge in [0.15, 0.2) is 5.82 Å². The first-order valence-electron chi connectivity index (χ1n) is 8.51. The average molecular weight is 470 g/mol. The summed E-state index contributed by atoms with van der Waals surface area (Å²) in [4.78, 5) is 21.9. The fourth-order valence-electron chi connectivity index (χ4n) is 3.05. The monoisotopic (exact) mass is 470 g/mol. The largest absolute Gasteiger partial charge is 0.481 e. The van der Waals surface area contributed by atoms with Crippen LogP contribution in [0, 0.1) is 23.5 Å². The maximum Gasteiger partial charge on any atom is 0.294 e. The molecule has 7 nitrogen and oxygen atoms in total. The van der Waals surface area contributed by atoms with Gasteiger partial charge in [-0.1, -0.05) is 0 Å². The molecule has 2 heterocycles. The van der Waals surface area contributed by atoms with Crippen LogP contribution < -0.4 is 15.6 Å². The smallest absolute Gasteiger partial charge is 0.294 e. The quantitative estimate of drug-likeness (QED) is 0.627. The molecular weight excluding hydrogens is 447 g/mol. The van der Waals surface area contributed by atoms with Gasteiger partial charge in [0, 0.05) is 18.9 Å². The molecule has 8 heteroatoms. The maximum atomic E-state index is 13.0. The van der Waals surface area contributed by atoms with E-state index in [1.54, 1.807) is 25.0 Å². The molecule has 26 heavy (non-hydrogen) atoms. The molecule has 1 saturated carbocycles. The van der Waals surface area contributed by atoms with E-state index < -0.39 is 0 Å². The Labute approximate surface area is 166 Å². The second kappa shape index (κ2) is 7.91. The summed E-state index contributed by atoms with van der Waals surface area (Å²) >= 11 is 2.14. The van der Waals surface area contributed by atoms with Gasteiger partial charge in [-0.2, -0.15) is 0 Å². The van der Waals surface area contributed by atoms with Crippen molar-refractivity contribution in [1.29, 1.82) is 0 Å². The lowest BCUT2D eigenvalue weighted by Gasteiger charge is -2.20. The Morgan fingerprint density at radius 1 is 1.35 bits per heavy atom. The van der Waals surface area contributed by atoms with E-state index in [0.29, 0.717) is 24.2 Å². The van der Waals surface area contributed by atoms with Crippen molar-refractivity contribution < 1.29 is 9.47 Å². The average Bonchev–Trinajstić information content (AvgIpc) is 3.43. The van der Waals surface area contributed by atoms with E-state index in [-0.39, 0.29) is 11.6 Å². The zero-order valence-corrected chi connectivity index (χ0v) is 17.5. The molecule has 1 atom stereocenters. The van der Waals surface area contributed by atoms with Gasteiger partial charge in [-0.25, -0.2) is 9.97 Å². The standard InChI is InChI=1S/C18H23IN4O3/c1-10-7-13(11(2)20-17(10)26-4)21-16-18(24)23(8-15(19)22-16)14(9-25-3)12-5-6-12/h7-8,12,14H,5-6,9H2,1-4H3,(H,21,22)/t14-/m1/s1. The van der Waals surface area contributed by atoms with Crippen LogP contribution in [0.15, 0.2) is 17.1 Å². The molecule has 2 aromatic heterocycles. The molecule has 0 radical (unpaired) electrons. The van der Waals surface area contributed by atoms with Crippen molar-refractivity contribution >= 4 is 34.1 Å². The van der Waals surface area contributed by atoms with E-state index >= 15 is 0 Å². The first kappa shape index (κ1) is 19.1. The van der Waals surface area contributed by atoms with E-state index in [2.05, 4.69) is 37.9 Å². The van der Waals surface area contributed by atoms with Crippen molar-refractivity contribution in [3.05, 3.63) is 37.6 Å². The van der Waals surface area contributed by atoms with Gasteiger partial charge in [-0.05, 0) is 61.3 Å². The fraction of sp³-hybridized carbons (Fsp3) is 0.500. The Morgan fingerprint density at radius 2 is 2.08 bits per heavy atom. The maximum absolute atomic E-state index is 13.0. The number of methoxy groups -OCH3 is 2. The van der Waals surface area contributed by atoms with E-state index in [1.165, 1.54) is 0 Å². The third kappa shape index (κ3) is 4.01. The lowest BCUT2D eigenvalue weighted by atomic mass is 10.2. The molecule has 0 bridgehead atoms. The van der Waals surface area contributed by atoms with Gasteiger partial charge in [-0.3, -0.25) is 4.79 Å². The van der Waals surface area contributed by atoms with Crippen LogP contribution in [0.1, 0.15) is 30.1 Å². The number of ether oxygens (including phenoxy) is 2. The highest BCUT2D eigenvalue weighted by atomic mass is 127. The van der Waals surface area contributed by atoms with Crippen LogP contribution in [0.3, 0.4) is 0 Å². The molecule has 0 unspecified atom stereocenters. The summed E-state index contributed by atoms with van der Waals surface area (Å²) in [5.74, 6) is 1.37. The van der Waals surface area contributed by atoms with Crippen molar-refractivity contribution in [3.63, 3.8) is 0 Å². The third-order valence-electron chi connectivity index (χ3n) is 4.57. The molecule has 0 amide bonds. The second-order valence-electron chi connectivity index (χ2n) is 6.56. The summed E-state index contributed by atoms with van der Waals surface area (Å²) in [6.07, 6.45) is 4.06. The normalized spacial score (nSPS) is 15.0. The molecule has 140 valence electrons. The Balaban J connectivity index is 1.99. The van der Waals surface area contributed by atoms with Crippen molar-refractivity contribution in [2.75, 3.05) is 26.1 Å². The van der Waals surface area contributed by atoms with Gasteiger partial charge in [-0.15, -0.1) is 0 Å². The van der Waals surface area contributed by atoms with Crippen LogP contribution >= 0.6 is 22.6 Å². The number of aryl methyl sites for hydroxylation is 2. The second-order valence-corrected chi connectivity index (χ2v) is 7.66. The predicted octanol–water partition coefficient (Wildman–Crippen LogP) is 3.21. The number of halogens is 1. The molecule has 0 aromatic carbocycles. The summed E-state index contributed by atoms with van der Waals surface area (Å²) in [7, 11) is 3.26. The molecule has 0 spiro atoms. The SMILES string of the molecule is COC[C@H](C1CC1)n1cc(I)nc(Nc2cc(C)c(OC)nc2C)c1=O. The Bertz CT molecular complexity index is 864. The predicted molar refractivity (Wildman–Crippen MR) is 108 cm³/mol. The Morgan fingerprint density at radius 3 is 2.69 bits per heavy atom. The van der Waals surface area contributed by atoms with Crippen molar-refractivity contribution in [3.8, 4) is 5.88 Å². The minimum Gasteiger partial charge on any atom is -0.481 e. The molecule has 0 saturated heterocycles. The highest BCUT2D eigenvalue weighted by molar-refractivity contribution is 14.1. The zero-order valence-electron chi connectivity index (χ0n) is 15.4. The topological polar surface area (TPSA) is 78.3 Å². The van der Waals surface area contributed by atoms with E-state index in [1.807, 2.05) is 19.9 Å². The summed E-state index contributed by atoms with van der Waals surface area (Å²) in [6, 6.07) is 1.96. The van der Waals surface area contributed by atoms with Crippen LogP contribution in [0.25, 0.3) is 0 Å². The van der Waals surface area contributed by atoms with Gasteiger partial charge in [0.05, 0.1) is 31.1 Å². The zero-order chi connectivity index (χ0) is 18.8. The Hall–Kier alpha value is -1.68. The summed E-state index contributed by atoms with van der Waals surface area (Å²) < 4.78 is 13.1. The lowest BCUT2D eigenvalue weighted by Crippen LogP contribution is -2.31. The lowest BCUT2D eigenvalue weighted by molar-refractivity contribution is 0.143. The number of nitrogens with one attached hydrogen (secondary N) is 1. The number of nitrogens with zero attached hydrogens (tertiary/aromatic N) is 3. The van der Waals surface area contributed by atoms with Crippen LogP contribution in [-0.4, -0.2) is 35.4 Å². The van der Waals surface area contributed by atoms with Crippen molar-refractivity contribution in [2.45, 2.75) is 32.7 Å². The highest BCUT2D eigenvalue weighted by Gasteiger charge is 2.33. The molecule has 0 aliphatic heterocycles. The molecule has 1 N–H and O–H groups in total. The van der Waals surface area contributed by atoms with Crippen LogP contribution in [0.2, 0.25) is 0 Å². The number of hydrogen-bond acceptors (Lipinski definition) is 6. The van der Waals surface area contributed by atoms with E-state index in [0.717, 1.165) is 33.5 Å². The van der Waals surface area contributed by atoms with E-state index in [9.17, 15) is 4.79 Å². The molecule has 1 aliphatic rings. The van der Waals surface area contributed by atoms with Crippen LogP contribution in [-0.2, 0) is 4.74 Å². The molecule has 1 fully saturated rings. The molecular formula is C18H23IN4O3. The van der Waals surface area contributed by atoms with Crippen molar-refractivity contribution in [1.82, 2.24) is 14.5 Å². The number of pyridine rings is 1. The van der Waals surface area contributed by atoms with Gasteiger partial charge >= 0.3 is 0 Å². The third-order valence-corrected chi connectivity index (χ3v) is 5.09. The number of aromatic nitrogens is 3. The molecule has 1 aliphatic carbocycles. The minimum atomic E-state index is -0.146. The van der Waals surface area contributed by atoms with Gasteiger partial charge < -0.3 is 19.4 Å². The number of rotatable bonds is 7.